The van der Waals surface area contributed by atoms with Crippen molar-refractivity contribution < 1.29 is 23.8 Å². The average molecular weight is 477 g/mol. The van der Waals surface area contributed by atoms with Crippen LogP contribution in [0, 0.1) is 6.92 Å². The second-order valence-corrected chi connectivity index (χ2v) is 9.02. The van der Waals surface area contributed by atoms with E-state index in [2.05, 4.69) is 4.98 Å². The molecule has 5 rings (SSSR count). The van der Waals surface area contributed by atoms with E-state index >= 15 is 0 Å². The van der Waals surface area contributed by atoms with Gasteiger partial charge in [0.15, 0.2) is 0 Å². The molecule has 0 aliphatic carbocycles. The molecule has 8 heteroatoms. The third-order valence-electron chi connectivity index (χ3n) is 5.93. The van der Waals surface area contributed by atoms with Crippen molar-refractivity contribution in [3.8, 4) is 16.9 Å². The summed E-state index contributed by atoms with van der Waals surface area (Å²) in [6, 6.07) is 7.87. The number of carbonyl (C=O) groups is 2. The fourth-order valence-electron chi connectivity index (χ4n) is 4.49. The molecule has 0 amide bonds. The molecule has 1 aliphatic heterocycles. The van der Waals surface area contributed by atoms with Crippen LogP contribution in [0.4, 0.5) is 0 Å². The molecule has 2 aromatic carbocycles. The summed E-state index contributed by atoms with van der Waals surface area (Å²) in [7, 11) is 0. The molecule has 0 saturated heterocycles. The highest BCUT2D eigenvalue weighted by atomic mass is 32.1. The summed E-state index contributed by atoms with van der Waals surface area (Å²) < 4.78 is 17.2. The highest BCUT2D eigenvalue weighted by Crippen LogP contribution is 2.44. The number of aromatic nitrogens is 2. The van der Waals surface area contributed by atoms with E-state index in [1.807, 2.05) is 37.4 Å². The van der Waals surface area contributed by atoms with Gasteiger partial charge in [0.1, 0.15) is 5.75 Å². The topological polar surface area (TPSA) is 87.6 Å². The standard InChI is InChI=1S/C26H24N2O5S/c1-4-31-20(29)13-17-14(3)12-18-24(34-25(28-18)26(30)32-5-2)22(17)16-6-7-19-21-15(9-11-33-19)8-10-27-23(16)21/h6-8,10,12H,4-5,9,11,13H2,1-3H3. The van der Waals surface area contributed by atoms with Crippen molar-refractivity contribution in [3.05, 3.63) is 52.2 Å². The minimum atomic E-state index is -0.456. The second-order valence-electron chi connectivity index (χ2n) is 8.02. The first kappa shape index (κ1) is 22.3. The van der Waals surface area contributed by atoms with Gasteiger partial charge in [0.2, 0.25) is 5.01 Å². The lowest BCUT2D eigenvalue weighted by molar-refractivity contribution is -0.142. The van der Waals surface area contributed by atoms with Crippen LogP contribution in [0.15, 0.2) is 30.5 Å². The molecular formula is C26H24N2O5S. The molecule has 0 bridgehead atoms. The Morgan fingerprint density at radius 3 is 2.76 bits per heavy atom. The maximum absolute atomic E-state index is 12.6. The summed E-state index contributed by atoms with van der Waals surface area (Å²) in [6.07, 6.45) is 2.73. The summed E-state index contributed by atoms with van der Waals surface area (Å²) in [4.78, 5) is 34.3. The Balaban J connectivity index is 1.82. The van der Waals surface area contributed by atoms with Gasteiger partial charge in [-0.05, 0) is 61.7 Å². The number of fused-ring (bicyclic) bond motifs is 1. The normalized spacial score (nSPS) is 12.6. The van der Waals surface area contributed by atoms with Gasteiger partial charge >= 0.3 is 11.9 Å². The van der Waals surface area contributed by atoms with E-state index in [4.69, 9.17) is 19.2 Å². The van der Waals surface area contributed by atoms with Crippen molar-refractivity contribution in [3.63, 3.8) is 0 Å². The number of hydrogen-bond acceptors (Lipinski definition) is 8. The second kappa shape index (κ2) is 9.02. The molecule has 4 aromatic rings. The Hall–Kier alpha value is -3.52. The van der Waals surface area contributed by atoms with Gasteiger partial charge in [0, 0.05) is 29.1 Å². The zero-order valence-corrected chi connectivity index (χ0v) is 20.1. The molecule has 7 nitrogen and oxygen atoms in total. The quantitative estimate of drug-likeness (QED) is 0.360. The molecule has 0 fully saturated rings. The van der Waals surface area contributed by atoms with Crippen molar-refractivity contribution in [2.24, 2.45) is 0 Å². The van der Waals surface area contributed by atoms with Crippen LogP contribution in [-0.2, 0) is 27.1 Å². The van der Waals surface area contributed by atoms with Gasteiger partial charge in [-0.25, -0.2) is 9.78 Å². The van der Waals surface area contributed by atoms with Crippen molar-refractivity contribution in [2.75, 3.05) is 19.8 Å². The maximum Gasteiger partial charge on any atom is 0.367 e. The SMILES string of the molecule is CCOC(=O)Cc1c(C)cc2nc(C(=O)OCC)sc2c1-c1ccc2c3c(ccnc13)CCO2. The third kappa shape index (κ3) is 3.77. The van der Waals surface area contributed by atoms with Gasteiger partial charge in [-0.3, -0.25) is 9.78 Å². The highest BCUT2D eigenvalue weighted by Gasteiger charge is 2.25. The van der Waals surface area contributed by atoms with Crippen molar-refractivity contribution >= 4 is 44.4 Å². The van der Waals surface area contributed by atoms with E-state index < -0.39 is 5.97 Å². The largest absolute Gasteiger partial charge is 0.493 e. The lowest BCUT2D eigenvalue weighted by Gasteiger charge is -2.21. The van der Waals surface area contributed by atoms with Gasteiger partial charge in [0.25, 0.3) is 0 Å². The van der Waals surface area contributed by atoms with E-state index in [1.54, 1.807) is 13.8 Å². The number of rotatable bonds is 6. The highest BCUT2D eigenvalue weighted by molar-refractivity contribution is 7.20. The lowest BCUT2D eigenvalue weighted by atomic mass is 9.90. The van der Waals surface area contributed by atoms with Crippen molar-refractivity contribution in [2.45, 2.75) is 33.6 Å². The van der Waals surface area contributed by atoms with E-state index in [9.17, 15) is 9.59 Å². The smallest absolute Gasteiger partial charge is 0.367 e. The van der Waals surface area contributed by atoms with E-state index in [-0.39, 0.29) is 24.0 Å². The van der Waals surface area contributed by atoms with Crippen LogP contribution < -0.4 is 4.74 Å². The summed E-state index contributed by atoms with van der Waals surface area (Å²) in [5.74, 6) is 0.0449. The Bertz CT molecular complexity index is 1430. The van der Waals surface area contributed by atoms with Crippen LogP contribution in [0.5, 0.6) is 5.75 Å². The minimum absolute atomic E-state index is 0.108. The summed E-state index contributed by atoms with van der Waals surface area (Å²) in [5.41, 5.74) is 6.12. The number of hydrogen-bond donors (Lipinski definition) is 0. The van der Waals surface area contributed by atoms with E-state index in [0.29, 0.717) is 18.7 Å². The first-order chi connectivity index (χ1) is 16.5. The van der Waals surface area contributed by atoms with Gasteiger partial charge in [-0.2, -0.15) is 0 Å². The summed E-state index contributed by atoms with van der Waals surface area (Å²) >= 11 is 1.27. The molecule has 3 heterocycles. The molecule has 2 aromatic heterocycles. The maximum atomic E-state index is 12.6. The first-order valence-corrected chi connectivity index (χ1v) is 12.1. The molecule has 0 N–H and O–H groups in total. The van der Waals surface area contributed by atoms with Crippen LogP contribution in [0.2, 0.25) is 0 Å². The Morgan fingerprint density at radius 1 is 1.15 bits per heavy atom. The molecule has 0 unspecified atom stereocenters. The fraction of sp³-hybridized carbons (Fsp3) is 0.308. The Morgan fingerprint density at radius 2 is 1.97 bits per heavy atom. The molecular weight excluding hydrogens is 452 g/mol. The molecule has 0 spiro atoms. The number of ether oxygens (including phenoxy) is 3. The third-order valence-corrected chi connectivity index (χ3v) is 7.00. The van der Waals surface area contributed by atoms with Crippen LogP contribution in [0.3, 0.4) is 0 Å². The van der Waals surface area contributed by atoms with Crippen molar-refractivity contribution in [1.29, 1.82) is 0 Å². The number of carbonyl (C=O) groups excluding carboxylic acids is 2. The Kier molecular flexibility index (Phi) is 5.91. The fourth-order valence-corrected chi connectivity index (χ4v) is 5.51. The minimum Gasteiger partial charge on any atom is -0.493 e. The summed E-state index contributed by atoms with van der Waals surface area (Å²) in [6.45, 7) is 6.71. The molecule has 0 radical (unpaired) electrons. The molecule has 0 saturated carbocycles. The number of benzene rings is 2. The van der Waals surface area contributed by atoms with Crippen LogP contribution in [0.25, 0.3) is 32.2 Å². The molecule has 1 aliphatic rings. The zero-order chi connectivity index (χ0) is 23.8. The monoisotopic (exact) mass is 476 g/mol. The first-order valence-electron chi connectivity index (χ1n) is 11.3. The number of esters is 2. The lowest BCUT2D eigenvalue weighted by Crippen LogP contribution is -2.11. The number of pyridine rings is 1. The van der Waals surface area contributed by atoms with Gasteiger partial charge in [-0.15, -0.1) is 11.3 Å². The van der Waals surface area contributed by atoms with E-state index in [1.165, 1.54) is 16.9 Å². The van der Waals surface area contributed by atoms with Crippen molar-refractivity contribution in [1.82, 2.24) is 9.97 Å². The van der Waals surface area contributed by atoms with E-state index in [0.717, 1.165) is 50.0 Å². The van der Waals surface area contributed by atoms with Crippen LogP contribution in [-0.4, -0.2) is 41.7 Å². The number of thiazole rings is 1. The van der Waals surface area contributed by atoms with Gasteiger partial charge in [0.05, 0.1) is 42.0 Å². The summed E-state index contributed by atoms with van der Waals surface area (Å²) in [5, 5.41) is 1.27. The van der Waals surface area contributed by atoms with Gasteiger partial charge < -0.3 is 14.2 Å². The van der Waals surface area contributed by atoms with Crippen LogP contribution >= 0.6 is 11.3 Å². The number of aryl methyl sites for hydroxylation is 1. The predicted molar refractivity (Wildman–Crippen MR) is 131 cm³/mol. The average Bonchev–Trinajstić information content (AvgIpc) is 3.25. The van der Waals surface area contributed by atoms with Crippen LogP contribution in [0.1, 0.15) is 40.3 Å². The van der Waals surface area contributed by atoms with Gasteiger partial charge in [-0.1, -0.05) is 0 Å². The molecule has 174 valence electrons. The molecule has 0 atom stereocenters. The number of nitrogens with zero attached hydrogens (tertiary/aromatic N) is 2. The predicted octanol–water partition coefficient (Wildman–Crippen LogP) is 5.04. The zero-order valence-electron chi connectivity index (χ0n) is 19.3. The Labute approximate surface area is 200 Å². The molecule has 34 heavy (non-hydrogen) atoms.